The Balaban J connectivity index is -0.0000000864. The lowest BCUT2D eigenvalue weighted by atomic mass is 10.2. The maximum Gasteiger partial charge on any atom is 0.105 e. The van der Waals surface area contributed by atoms with E-state index in [1.807, 2.05) is 33.8 Å². The molecule has 0 atom stereocenters. The van der Waals surface area contributed by atoms with Crippen LogP contribution in [0.1, 0.15) is 48.5 Å². The van der Waals surface area contributed by atoms with E-state index in [0.29, 0.717) is 12.5 Å². The van der Waals surface area contributed by atoms with Gasteiger partial charge in [0, 0.05) is 0 Å². The Labute approximate surface area is 102 Å². The quantitative estimate of drug-likeness (QED) is 0.748. The number of rotatable bonds is 3. The third-order valence-electron chi connectivity index (χ3n) is 0.983. The summed E-state index contributed by atoms with van der Waals surface area (Å²) in [5.41, 5.74) is 5.34. The molecule has 0 spiro atoms. The number of allylic oxidation sites excluding steroid dienone is 1. The Hall–Kier alpha value is -0.570. The molecule has 0 saturated carbocycles. The molecule has 2 N–H and O–H groups in total. The molecule has 0 fully saturated rings. The predicted octanol–water partition coefficient (Wildman–Crippen LogP) is 4.16. The van der Waals surface area contributed by atoms with Gasteiger partial charge in [-0.2, -0.15) is 0 Å². The molecule has 0 aliphatic carbocycles. The van der Waals surface area contributed by atoms with Crippen molar-refractivity contribution in [3.05, 3.63) is 11.8 Å². The lowest BCUT2D eigenvalue weighted by molar-refractivity contribution is 0.283. The molecule has 0 aromatic carbocycles. The second-order valence-corrected chi connectivity index (χ2v) is 2.55. The van der Waals surface area contributed by atoms with Crippen molar-refractivity contribution in [1.82, 2.24) is 0 Å². The summed E-state index contributed by atoms with van der Waals surface area (Å²) in [6, 6.07) is 0. The van der Waals surface area contributed by atoms with E-state index in [1.54, 1.807) is 7.11 Å². The minimum Gasteiger partial charge on any atom is -0.500 e. The summed E-state index contributed by atoms with van der Waals surface area (Å²) in [4.78, 5) is 0. The first-order valence-electron chi connectivity index (χ1n) is 6.13. The third-order valence-corrected chi connectivity index (χ3v) is 0.983. The first kappa shape index (κ1) is 24.6. The molecule has 102 valence electrons. The molecule has 0 aromatic heterocycles. The van der Waals surface area contributed by atoms with Crippen LogP contribution in [0.2, 0.25) is 0 Å². The van der Waals surface area contributed by atoms with Crippen molar-refractivity contribution in [1.29, 1.82) is 0 Å². The molecule has 0 rings (SSSR count). The van der Waals surface area contributed by atoms with Crippen LogP contribution >= 0.6 is 0 Å². The molecule has 0 aromatic rings. The molecular formula is C13H32FNO. The average molecular weight is 237 g/mol. The second kappa shape index (κ2) is 29.3. The Morgan fingerprint density at radius 3 is 1.62 bits per heavy atom. The van der Waals surface area contributed by atoms with Crippen LogP contribution in [0.15, 0.2) is 11.8 Å². The summed E-state index contributed by atoms with van der Waals surface area (Å²) in [6.07, 6.45) is 2.01. The van der Waals surface area contributed by atoms with Gasteiger partial charge >= 0.3 is 0 Å². The highest BCUT2D eigenvalue weighted by molar-refractivity contribution is 4.95. The largest absolute Gasteiger partial charge is 0.500 e. The van der Waals surface area contributed by atoms with Gasteiger partial charge < -0.3 is 10.5 Å². The highest BCUT2D eigenvalue weighted by Gasteiger charge is 1.92. The lowest BCUT2D eigenvalue weighted by Gasteiger charge is -2.03. The van der Waals surface area contributed by atoms with Crippen LogP contribution in [0.5, 0.6) is 0 Å². The molecule has 3 heteroatoms. The Kier molecular flexibility index (Phi) is 45.0. The van der Waals surface area contributed by atoms with E-state index in [-0.39, 0.29) is 6.67 Å². The number of methoxy groups -OCH3 is 1. The summed E-state index contributed by atoms with van der Waals surface area (Å²) in [5, 5.41) is 0. The van der Waals surface area contributed by atoms with Gasteiger partial charge in [-0.15, -0.1) is 0 Å². The van der Waals surface area contributed by atoms with Crippen molar-refractivity contribution in [3.63, 3.8) is 0 Å². The van der Waals surface area contributed by atoms with Gasteiger partial charge in [0.05, 0.1) is 20.3 Å². The SMILES string of the molecule is CC.CC.CCF.CO/C(=C\C(C)C)CN. The molecule has 0 bridgehead atoms. The molecule has 0 aliphatic rings. The molecular weight excluding hydrogens is 205 g/mol. The fourth-order valence-electron chi connectivity index (χ4n) is 0.591. The summed E-state index contributed by atoms with van der Waals surface area (Å²) in [5.74, 6) is 1.38. The van der Waals surface area contributed by atoms with Crippen LogP contribution in [0, 0.1) is 5.92 Å². The number of hydrogen-bond donors (Lipinski definition) is 1. The average Bonchev–Trinajstić information content (AvgIpc) is 2.32. The van der Waals surface area contributed by atoms with Gasteiger partial charge in [-0.05, 0) is 18.9 Å². The number of nitrogens with two attached hydrogens (primary N) is 1. The topological polar surface area (TPSA) is 35.2 Å². The smallest absolute Gasteiger partial charge is 0.105 e. The maximum atomic E-state index is 10.3. The van der Waals surface area contributed by atoms with Gasteiger partial charge in [0.1, 0.15) is 5.76 Å². The van der Waals surface area contributed by atoms with Crippen molar-refractivity contribution in [2.24, 2.45) is 11.7 Å². The van der Waals surface area contributed by atoms with E-state index >= 15 is 0 Å². The Morgan fingerprint density at radius 2 is 1.56 bits per heavy atom. The van der Waals surface area contributed by atoms with Crippen LogP contribution < -0.4 is 5.73 Å². The molecule has 0 saturated heterocycles. The molecule has 0 amide bonds. The minimum absolute atomic E-state index is 0.250. The van der Waals surface area contributed by atoms with Crippen LogP contribution in [0.4, 0.5) is 4.39 Å². The zero-order valence-electron chi connectivity index (χ0n) is 12.4. The molecule has 0 aliphatic heterocycles. The van der Waals surface area contributed by atoms with Crippen LogP contribution in [0.3, 0.4) is 0 Å². The molecule has 0 unspecified atom stereocenters. The molecule has 0 heterocycles. The van der Waals surface area contributed by atoms with Crippen molar-refractivity contribution >= 4 is 0 Å². The zero-order valence-corrected chi connectivity index (χ0v) is 12.4. The van der Waals surface area contributed by atoms with Crippen LogP contribution in [-0.4, -0.2) is 20.3 Å². The van der Waals surface area contributed by atoms with Gasteiger partial charge in [0.2, 0.25) is 0 Å². The highest BCUT2D eigenvalue weighted by Crippen LogP contribution is 2.00. The highest BCUT2D eigenvalue weighted by atomic mass is 19.1. The fourth-order valence-corrected chi connectivity index (χ4v) is 0.591. The second-order valence-electron chi connectivity index (χ2n) is 2.55. The first-order chi connectivity index (χ1) is 7.62. The van der Waals surface area contributed by atoms with E-state index in [9.17, 15) is 4.39 Å². The minimum atomic E-state index is -0.250. The van der Waals surface area contributed by atoms with E-state index < -0.39 is 0 Å². The van der Waals surface area contributed by atoms with Crippen molar-refractivity contribution in [2.45, 2.75) is 48.5 Å². The van der Waals surface area contributed by atoms with Crippen LogP contribution in [-0.2, 0) is 4.74 Å². The monoisotopic (exact) mass is 237 g/mol. The van der Waals surface area contributed by atoms with Gasteiger partial charge in [0.15, 0.2) is 0 Å². The standard InChI is InChI=1S/C7H15NO.C2H5F.2C2H6/c1-6(2)4-7(5-8)9-3;1-2-3;2*1-2/h4,6H,5,8H2,1-3H3;2H2,1H3;2*1-2H3/b7-4-;;;. The maximum absolute atomic E-state index is 10.3. The van der Waals surface area contributed by atoms with E-state index in [1.165, 1.54) is 6.92 Å². The van der Waals surface area contributed by atoms with Crippen molar-refractivity contribution < 1.29 is 9.13 Å². The molecule has 2 nitrogen and oxygen atoms in total. The first-order valence-corrected chi connectivity index (χ1v) is 6.13. The van der Waals surface area contributed by atoms with Crippen molar-refractivity contribution in [2.75, 3.05) is 20.3 Å². The normalized spacial score (nSPS) is 8.81. The van der Waals surface area contributed by atoms with Gasteiger partial charge in [-0.3, -0.25) is 4.39 Å². The number of ether oxygens (including phenoxy) is 1. The summed E-state index contributed by atoms with van der Waals surface area (Å²) < 4.78 is 15.2. The number of alkyl halides is 1. The van der Waals surface area contributed by atoms with Gasteiger partial charge in [-0.1, -0.05) is 41.5 Å². The van der Waals surface area contributed by atoms with E-state index in [2.05, 4.69) is 13.8 Å². The Bertz CT molecular complexity index is 109. The van der Waals surface area contributed by atoms with Crippen LogP contribution in [0.25, 0.3) is 0 Å². The van der Waals surface area contributed by atoms with E-state index in [0.717, 1.165) is 5.76 Å². The van der Waals surface area contributed by atoms with Gasteiger partial charge in [0.25, 0.3) is 0 Å². The van der Waals surface area contributed by atoms with Gasteiger partial charge in [-0.25, -0.2) is 0 Å². The Morgan fingerprint density at radius 1 is 1.25 bits per heavy atom. The summed E-state index contributed by atoms with van der Waals surface area (Å²) in [6.45, 7) is 13.9. The third kappa shape index (κ3) is 37.6. The summed E-state index contributed by atoms with van der Waals surface area (Å²) in [7, 11) is 1.64. The zero-order chi connectivity index (χ0) is 14.0. The number of hydrogen-bond acceptors (Lipinski definition) is 2. The molecule has 16 heavy (non-hydrogen) atoms. The lowest BCUT2D eigenvalue weighted by Crippen LogP contribution is -2.05. The fraction of sp³-hybridized carbons (Fsp3) is 0.846. The number of halogens is 1. The van der Waals surface area contributed by atoms with E-state index in [4.69, 9.17) is 10.5 Å². The van der Waals surface area contributed by atoms with Crippen molar-refractivity contribution in [3.8, 4) is 0 Å². The summed E-state index contributed by atoms with van der Waals surface area (Å²) >= 11 is 0. The predicted molar refractivity (Wildman–Crippen MR) is 73.3 cm³/mol. The molecule has 0 radical (unpaired) electrons.